The number of rotatable bonds is 6. The van der Waals surface area contributed by atoms with Gasteiger partial charge < -0.3 is 4.74 Å². The van der Waals surface area contributed by atoms with Crippen molar-refractivity contribution in [2.45, 2.75) is 188 Å². The number of hydrogen-bond acceptors (Lipinski definition) is 3. The molecule has 45 heavy (non-hydrogen) atoms. The highest BCUT2D eigenvalue weighted by atomic mass is 16.5. The normalized spacial score (nSPS) is 42.9. The summed E-state index contributed by atoms with van der Waals surface area (Å²) in [5, 5.41) is 0. The maximum absolute atomic E-state index is 12.8. The lowest BCUT2D eigenvalue weighted by molar-refractivity contribution is -0.157. The highest BCUT2D eigenvalue weighted by molar-refractivity contribution is 5.83. The second-order valence-electron chi connectivity index (χ2n) is 17.9. The van der Waals surface area contributed by atoms with Crippen molar-refractivity contribution in [3.8, 4) is 0 Å². The molecular weight excluding hydrogens is 552 g/mol. The monoisotopic (exact) mass is 625 g/mol. The molecule has 258 valence electrons. The van der Waals surface area contributed by atoms with Crippen molar-refractivity contribution in [1.29, 1.82) is 0 Å². The second kappa shape index (κ2) is 17.5. The van der Waals surface area contributed by atoms with Crippen LogP contribution >= 0.6 is 0 Å². The lowest BCUT2D eigenvalue weighted by Crippen LogP contribution is -2.32. The smallest absolute Gasteiger partial charge is 0.309 e. The Morgan fingerprint density at radius 3 is 1.00 bits per heavy atom. The van der Waals surface area contributed by atoms with Gasteiger partial charge in [0, 0.05) is 11.8 Å². The molecule has 6 aliphatic carbocycles. The van der Waals surface area contributed by atoms with Crippen LogP contribution in [0.15, 0.2) is 0 Å². The van der Waals surface area contributed by atoms with Crippen molar-refractivity contribution < 1.29 is 14.3 Å². The summed E-state index contributed by atoms with van der Waals surface area (Å²) in [6, 6.07) is 0. The molecule has 0 aromatic heterocycles. The fraction of sp³-hybridized carbons (Fsp3) is 0.952. The summed E-state index contributed by atoms with van der Waals surface area (Å²) in [7, 11) is 0. The standard InChI is InChI=1S/C21H36O2.C21H36O/c1-15-3-7-17(8-4-15)18-9-11-19(12-10-18)21(22)23-20-13-5-16(2)6-14-20;1-15-3-7-17(8-4-15)18-11-13-20(14-12-18)21(22)19-9-5-16(2)6-10-19/h15-20H,3-14H2,1-2H3;15-20H,3-14H2,1-2H3. The first-order valence-corrected chi connectivity index (χ1v) is 20.5. The van der Waals surface area contributed by atoms with Gasteiger partial charge in [-0.15, -0.1) is 0 Å². The first-order valence-electron chi connectivity index (χ1n) is 20.5. The van der Waals surface area contributed by atoms with Gasteiger partial charge in [0.1, 0.15) is 11.9 Å². The minimum atomic E-state index is 0.125. The fourth-order valence-corrected chi connectivity index (χ4v) is 10.7. The van der Waals surface area contributed by atoms with Gasteiger partial charge in [-0.05, 0) is 163 Å². The average Bonchev–Trinajstić information content (AvgIpc) is 3.07. The molecule has 0 saturated heterocycles. The molecule has 0 radical (unpaired) electrons. The average molecular weight is 625 g/mol. The van der Waals surface area contributed by atoms with Crippen LogP contribution < -0.4 is 0 Å². The van der Waals surface area contributed by atoms with E-state index in [9.17, 15) is 9.59 Å². The van der Waals surface area contributed by atoms with Crippen molar-refractivity contribution in [1.82, 2.24) is 0 Å². The molecule has 0 heterocycles. The molecule has 0 aliphatic heterocycles. The van der Waals surface area contributed by atoms with Gasteiger partial charge in [0.05, 0.1) is 5.92 Å². The van der Waals surface area contributed by atoms with E-state index < -0.39 is 0 Å². The highest BCUT2D eigenvalue weighted by Gasteiger charge is 2.36. The summed E-state index contributed by atoms with van der Waals surface area (Å²) in [6.45, 7) is 9.47. The van der Waals surface area contributed by atoms with Crippen LogP contribution in [-0.2, 0) is 14.3 Å². The van der Waals surface area contributed by atoms with Gasteiger partial charge in [-0.25, -0.2) is 0 Å². The molecule has 3 nitrogen and oxygen atoms in total. The zero-order valence-electron chi connectivity index (χ0n) is 30.1. The summed E-state index contributed by atoms with van der Waals surface area (Å²) in [5.41, 5.74) is 0. The van der Waals surface area contributed by atoms with Crippen LogP contribution in [0.2, 0.25) is 0 Å². The van der Waals surface area contributed by atoms with Crippen LogP contribution in [0.3, 0.4) is 0 Å². The molecule has 0 N–H and O–H groups in total. The van der Waals surface area contributed by atoms with E-state index in [0.29, 0.717) is 17.6 Å². The number of esters is 1. The molecule has 6 saturated carbocycles. The zero-order chi connectivity index (χ0) is 31.8. The number of hydrogen-bond donors (Lipinski definition) is 0. The third kappa shape index (κ3) is 10.6. The SMILES string of the molecule is CC1CCC(C(=O)C2CCC(C3CCC(C)CC3)CC2)CC1.CC1CCC(OC(=O)C2CCC(C3CCC(C)CC3)CC2)CC1. The van der Waals surface area contributed by atoms with Gasteiger partial charge in [-0.1, -0.05) is 66.2 Å². The van der Waals surface area contributed by atoms with Crippen molar-refractivity contribution in [2.24, 2.45) is 65.1 Å². The van der Waals surface area contributed by atoms with E-state index in [1.165, 1.54) is 128 Å². The largest absolute Gasteiger partial charge is 0.462 e. The Morgan fingerprint density at radius 1 is 0.356 bits per heavy atom. The van der Waals surface area contributed by atoms with Crippen molar-refractivity contribution in [3.63, 3.8) is 0 Å². The van der Waals surface area contributed by atoms with E-state index in [-0.39, 0.29) is 18.0 Å². The van der Waals surface area contributed by atoms with Gasteiger partial charge in [0.2, 0.25) is 0 Å². The molecule has 0 bridgehead atoms. The van der Waals surface area contributed by atoms with Gasteiger partial charge in [0.25, 0.3) is 0 Å². The fourth-order valence-electron chi connectivity index (χ4n) is 10.7. The van der Waals surface area contributed by atoms with Crippen LogP contribution in [0.4, 0.5) is 0 Å². The van der Waals surface area contributed by atoms with Crippen molar-refractivity contribution in [2.75, 3.05) is 0 Å². The van der Waals surface area contributed by atoms with Gasteiger partial charge in [-0.2, -0.15) is 0 Å². The topological polar surface area (TPSA) is 43.4 Å². The number of carbonyl (C=O) groups excluding carboxylic acids is 2. The molecular formula is C42H72O3. The van der Waals surface area contributed by atoms with E-state index in [1.807, 2.05) is 0 Å². The second-order valence-corrected chi connectivity index (χ2v) is 17.9. The quantitative estimate of drug-likeness (QED) is 0.276. The molecule has 0 amide bonds. The van der Waals surface area contributed by atoms with E-state index in [2.05, 4.69) is 27.7 Å². The number of Topliss-reactive ketones (excluding diaryl/α,β-unsaturated/α-hetero) is 1. The Morgan fingerprint density at radius 2 is 0.622 bits per heavy atom. The van der Waals surface area contributed by atoms with Crippen LogP contribution in [0.1, 0.15) is 182 Å². The minimum Gasteiger partial charge on any atom is -0.462 e. The number of ether oxygens (including phenoxy) is 1. The summed E-state index contributed by atoms with van der Waals surface area (Å²) in [4.78, 5) is 25.2. The predicted octanol–water partition coefficient (Wildman–Crippen LogP) is 11.8. The van der Waals surface area contributed by atoms with Crippen molar-refractivity contribution in [3.05, 3.63) is 0 Å². The molecule has 0 unspecified atom stereocenters. The van der Waals surface area contributed by atoms with Gasteiger partial charge in [0.15, 0.2) is 0 Å². The van der Waals surface area contributed by atoms with E-state index >= 15 is 0 Å². The van der Waals surface area contributed by atoms with E-state index in [0.717, 1.165) is 73.0 Å². The van der Waals surface area contributed by atoms with Crippen LogP contribution in [0.5, 0.6) is 0 Å². The van der Waals surface area contributed by atoms with E-state index in [1.54, 1.807) is 0 Å². The molecule has 0 aromatic rings. The molecule has 0 aromatic carbocycles. The predicted molar refractivity (Wildman–Crippen MR) is 187 cm³/mol. The maximum Gasteiger partial charge on any atom is 0.309 e. The first-order chi connectivity index (χ1) is 21.7. The number of carbonyl (C=O) groups is 2. The lowest BCUT2D eigenvalue weighted by atomic mass is 9.67. The van der Waals surface area contributed by atoms with Gasteiger partial charge >= 0.3 is 5.97 Å². The minimum absolute atomic E-state index is 0.125. The van der Waals surface area contributed by atoms with Gasteiger partial charge in [-0.3, -0.25) is 9.59 Å². The Bertz CT molecular complexity index is 864. The van der Waals surface area contributed by atoms with Crippen LogP contribution in [-0.4, -0.2) is 17.9 Å². The molecule has 6 aliphatic rings. The van der Waals surface area contributed by atoms with E-state index in [4.69, 9.17) is 4.74 Å². The van der Waals surface area contributed by atoms with Crippen LogP contribution in [0, 0.1) is 65.1 Å². The van der Waals surface area contributed by atoms with Crippen molar-refractivity contribution >= 4 is 11.8 Å². The molecule has 6 rings (SSSR count). The highest BCUT2D eigenvalue weighted by Crippen LogP contribution is 2.44. The Kier molecular flexibility index (Phi) is 13.8. The summed E-state index contributed by atoms with van der Waals surface area (Å²) in [6.07, 6.45) is 31.1. The summed E-state index contributed by atoms with van der Waals surface area (Å²) < 4.78 is 5.83. The Labute approximate surface area is 278 Å². The lowest BCUT2D eigenvalue weighted by Gasteiger charge is -2.38. The molecule has 3 heteroatoms. The number of ketones is 1. The summed E-state index contributed by atoms with van der Waals surface area (Å²) in [5.74, 6) is 9.18. The Hall–Kier alpha value is -0.860. The van der Waals surface area contributed by atoms with Crippen LogP contribution in [0.25, 0.3) is 0 Å². The first kappa shape index (κ1) is 35.4. The molecule has 0 atom stereocenters. The zero-order valence-corrected chi connectivity index (χ0v) is 30.1. The Balaban J connectivity index is 0.000000178. The third-order valence-electron chi connectivity index (χ3n) is 14.4. The third-order valence-corrected chi connectivity index (χ3v) is 14.4. The molecule has 0 spiro atoms. The summed E-state index contributed by atoms with van der Waals surface area (Å²) >= 11 is 0. The molecule has 6 fully saturated rings. The maximum atomic E-state index is 12.8.